The van der Waals surface area contributed by atoms with Crippen LogP contribution in [0.25, 0.3) is 0 Å². The summed E-state index contributed by atoms with van der Waals surface area (Å²) in [4.78, 5) is 0. The summed E-state index contributed by atoms with van der Waals surface area (Å²) in [5.41, 5.74) is 0. The molecular formula is C17H28HfO2. The summed E-state index contributed by atoms with van der Waals surface area (Å²) in [7, 11) is 0. The SMILES string of the molecule is CC(C)O.CC(C)O.[C-]1=CC=CC1.[C-]1=CC=CC1.[CH2]=[Hf+2]. The van der Waals surface area contributed by atoms with Gasteiger partial charge in [0.1, 0.15) is 0 Å². The van der Waals surface area contributed by atoms with E-state index in [2.05, 4.69) is 28.6 Å². The molecule has 20 heavy (non-hydrogen) atoms. The fourth-order valence-corrected chi connectivity index (χ4v) is 0.680. The van der Waals surface area contributed by atoms with Gasteiger partial charge in [-0.3, -0.25) is 12.2 Å². The molecule has 2 aliphatic carbocycles. The maximum atomic E-state index is 8.06. The molecule has 0 radical (unpaired) electrons. The fourth-order valence-electron chi connectivity index (χ4n) is 0.680. The van der Waals surface area contributed by atoms with E-state index < -0.39 is 0 Å². The summed E-state index contributed by atoms with van der Waals surface area (Å²) in [6, 6.07) is 0. The molecule has 0 fully saturated rings. The summed E-state index contributed by atoms with van der Waals surface area (Å²) < 4.78 is 3.39. The zero-order valence-electron chi connectivity index (χ0n) is 13.1. The van der Waals surface area contributed by atoms with Crippen LogP contribution in [0.2, 0.25) is 0 Å². The Bertz CT molecular complexity index is 223. The standard InChI is InChI=1S/2C5H5.2C3H8O.CH2.Hf/c2*1-2-4-5-3-1;2*1-3(2)4;;/h2*1-3H,4H2;2*3-4H,1-2H3;1H2;/q2*-1;;;;+2. The minimum absolute atomic E-state index is 0.167. The van der Waals surface area contributed by atoms with Gasteiger partial charge in [0.2, 0.25) is 0 Å². The molecule has 0 saturated heterocycles. The van der Waals surface area contributed by atoms with E-state index >= 15 is 0 Å². The second kappa shape index (κ2) is 23.7. The van der Waals surface area contributed by atoms with Crippen LogP contribution in [0.4, 0.5) is 0 Å². The normalized spacial score (nSPS) is 12.7. The minimum atomic E-state index is -0.167. The first kappa shape index (κ1) is 24.6. The van der Waals surface area contributed by atoms with Gasteiger partial charge in [-0.2, -0.15) is 12.2 Å². The molecule has 2 aliphatic rings. The van der Waals surface area contributed by atoms with Crippen molar-refractivity contribution in [2.75, 3.05) is 0 Å². The Labute approximate surface area is 139 Å². The van der Waals surface area contributed by atoms with Crippen LogP contribution in [-0.4, -0.2) is 26.7 Å². The average Bonchev–Trinajstić information content (AvgIpc) is 3.09. The van der Waals surface area contributed by atoms with Crippen molar-refractivity contribution in [1.29, 1.82) is 0 Å². The predicted octanol–water partition coefficient (Wildman–Crippen LogP) is 3.35. The third-order valence-corrected chi connectivity index (χ3v) is 1.17. The summed E-state index contributed by atoms with van der Waals surface area (Å²) in [6.45, 7) is 6.89. The molecule has 0 heterocycles. The van der Waals surface area contributed by atoms with E-state index in [0.717, 1.165) is 36.7 Å². The van der Waals surface area contributed by atoms with Gasteiger partial charge < -0.3 is 10.2 Å². The molecule has 0 aliphatic heterocycles. The van der Waals surface area contributed by atoms with Gasteiger partial charge in [0.15, 0.2) is 0 Å². The van der Waals surface area contributed by atoms with Crippen LogP contribution in [0.15, 0.2) is 36.5 Å². The number of allylic oxidation sites excluding steroid dienone is 8. The third-order valence-electron chi connectivity index (χ3n) is 1.17. The van der Waals surface area contributed by atoms with E-state index in [4.69, 9.17) is 10.2 Å². The Kier molecular flexibility index (Phi) is 29.2. The first-order chi connectivity index (χ1) is 9.46. The van der Waals surface area contributed by atoms with E-state index in [1.54, 1.807) is 27.7 Å². The Hall–Kier alpha value is -0.380. The quantitative estimate of drug-likeness (QED) is 0.446. The number of aliphatic hydroxyl groups excluding tert-OH is 2. The van der Waals surface area contributed by atoms with Crippen molar-refractivity contribution >= 4 is 4.26 Å². The van der Waals surface area contributed by atoms with Crippen molar-refractivity contribution in [3.8, 4) is 0 Å². The van der Waals surface area contributed by atoms with Crippen molar-refractivity contribution in [1.82, 2.24) is 0 Å². The van der Waals surface area contributed by atoms with Crippen molar-refractivity contribution in [2.45, 2.75) is 52.7 Å². The molecule has 0 aromatic heterocycles. The van der Waals surface area contributed by atoms with E-state index in [-0.39, 0.29) is 12.2 Å². The van der Waals surface area contributed by atoms with Gasteiger partial charge in [0.25, 0.3) is 0 Å². The van der Waals surface area contributed by atoms with Gasteiger partial charge in [-0.05, 0) is 27.7 Å². The molecule has 0 atom stereocenters. The van der Waals surface area contributed by atoms with Gasteiger partial charge in [-0.15, -0.1) is 12.8 Å². The zero-order chi connectivity index (χ0) is 16.2. The molecule has 0 bridgehead atoms. The summed E-state index contributed by atoms with van der Waals surface area (Å²) in [5, 5.41) is 16.1. The van der Waals surface area contributed by atoms with E-state index in [0.29, 0.717) is 0 Å². The Morgan fingerprint density at radius 3 is 1.15 bits per heavy atom. The first-order valence-corrected chi connectivity index (χ1v) is 9.15. The van der Waals surface area contributed by atoms with Gasteiger partial charge in [-0.25, -0.2) is 24.3 Å². The van der Waals surface area contributed by atoms with Crippen molar-refractivity contribution in [3.63, 3.8) is 0 Å². The average molecular weight is 443 g/mol. The number of aliphatic hydroxyl groups is 2. The Balaban J connectivity index is -0.000000187. The summed E-state index contributed by atoms with van der Waals surface area (Å²) >= 11 is 1.06. The summed E-state index contributed by atoms with van der Waals surface area (Å²) in [6.07, 6.45) is 19.7. The topological polar surface area (TPSA) is 40.5 Å². The molecule has 2 nitrogen and oxygen atoms in total. The molecule has 0 aromatic carbocycles. The van der Waals surface area contributed by atoms with E-state index in [1.165, 1.54) is 0 Å². The Morgan fingerprint density at radius 2 is 1.10 bits per heavy atom. The van der Waals surface area contributed by atoms with Crippen LogP contribution in [0.3, 0.4) is 0 Å². The molecule has 0 amide bonds. The molecule has 0 spiro atoms. The van der Waals surface area contributed by atoms with Crippen LogP contribution in [0.1, 0.15) is 40.5 Å². The monoisotopic (exact) mass is 444 g/mol. The van der Waals surface area contributed by atoms with Crippen LogP contribution in [-0.2, 0) is 23.9 Å². The predicted molar refractivity (Wildman–Crippen MR) is 85.0 cm³/mol. The first-order valence-electron chi connectivity index (χ1n) is 6.61. The van der Waals surface area contributed by atoms with Crippen LogP contribution in [0.5, 0.6) is 0 Å². The molecule has 2 rings (SSSR count). The van der Waals surface area contributed by atoms with Gasteiger partial charge >= 0.3 is 28.2 Å². The third kappa shape index (κ3) is 52.6. The molecule has 3 heteroatoms. The van der Waals surface area contributed by atoms with Crippen molar-refractivity contribution in [3.05, 3.63) is 48.6 Å². The molecule has 2 N–H and O–H groups in total. The summed E-state index contributed by atoms with van der Waals surface area (Å²) in [5.74, 6) is 0. The van der Waals surface area contributed by atoms with Crippen molar-refractivity contribution in [2.24, 2.45) is 0 Å². The van der Waals surface area contributed by atoms with Gasteiger partial charge in [0.05, 0.1) is 0 Å². The fraction of sp³-hybridized carbons (Fsp3) is 0.471. The van der Waals surface area contributed by atoms with Gasteiger partial charge in [0, 0.05) is 12.2 Å². The Morgan fingerprint density at radius 1 is 0.850 bits per heavy atom. The van der Waals surface area contributed by atoms with Gasteiger partial charge in [-0.1, -0.05) is 0 Å². The second-order valence-electron chi connectivity index (χ2n) is 4.19. The van der Waals surface area contributed by atoms with Crippen LogP contribution in [0, 0.1) is 12.2 Å². The van der Waals surface area contributed by atoms with Crippen LogP contribution < -0.4 is 0 Å². The molecule has 112 valence electrons. The molecule has 0 aromatic rings. The number of hydrogen-bond acceptors (Lipinski definition) is 2. The maximum absolute atomic E-state index is 8.06. The van der Waals surface area contributed by atoms with E-state index in [1.807, 2.05) is 24.3 Å². The molecule has 0 saturated carbocycles. The van der Waals surface area contributed by atoms with E-state index in [9.17, 15) is 0 Å². The zero-order valence-corrected chi connectivity index (χ0v) is 16.7. The molecule has 0 unspecified atom stereocenters. The number of rotatable bonds is 0. The van der Waals surface area contributed by atoms with Crippen molar-refractivity contribution < 1.29 is 34.1 Å². The van der Waals surface area contributed by atoms with Crippen LogP contribution >= 0.6 is 0 Å². The number of hydrogen-bond donors (Lipinski definition) is 2. The second-order valence-corrected chi connectivity index (χ2v) is 4.19. The molecular weight excluding hydrogens is 415 g/mol.